The van der Waals surface area contributed by atoms with E-state index in [0.29, 0.717) is 49.6 Å². The van der Waals surface area contributed by atoms with E-state index in [9.17, 15) is 72.9 Å². The van der Waals surface area contributed by atoms with Crippen LogP contribution in [0.3, 0.4) is 0 Å². The minimum Gasteiger partial charge on any atom is -0.481 e. The number of hydrogen-bond acceptors (Lipinski definition) is 20. The number of nitrogens with zero attached hydrogens (tertiary/aromatic N) is 1. The van der Waals surface area contributed by atoms with Crippen molar-refractivity contribution in [2.45, 2.75) is 169 Å². The van der Waals surface area contributed by atoms with E-state index in [2.05, 4.69) is 63.1 Å². The number of aliphatic hydroxyl groups excluding tert-OH is 1. The number of benzene rings is 3. The molecule has 572 valence electrons. The summed E-state index contributed by atoms with van der Waals surface area (Å²) in [7, 11) is 0. The molecule has 8 rings (SSSR count). The molecule has 1 unspecified atom stereocenters. The lowest BCUT2D eigenvalue weighted by molar-refractivity contribution is -0.148. The number of nitrogens with two attached hydrogens (primary N) is 3. The standard InChI is InChI=1S/C70H92N16O17S3/c1-34(2)56-66(100)80-50(24-55(91)92)61(95)76-27-53(88)77-48(22-40-25-74-45-13-8-6-11-42(40)45)63(97)84-57(35(3)4)68(102)86-18-10-17-70(86,73)69(103)82-51(59(72)93)32-105-29-38-19-37-20-39(21-38)30-106-33-52(65(99)79-49(64(98)83-56)23-41-26-75-46-14-9-7-12-43(41)46)81-62(96)47(15-16-54(89)90)78-67(101)58(36(5)87)85-60(94)44(71)31-104-28-37/h6-9,11-14,19-21,25-26,34-36,44,47-52,56-58,74-75,87H,10,15-18,22-24,27-33,71,73H2,1-5H3,(H2,72,93)(H,76,95)(H,77,88)(H,78,101)(H,79,99)(H,80,100)(H,81,96)(H,82,103)(H,83,98)(H,84,97)(H,85,94)(H,89,90)(H,91,92)/t36?,44-,47+,48+,49-,50-,51-,52-,56+,57+,58+,70+/m0/s1. The first-order chi connectivity index (χ1) is 50.3. The van der Waals surface area contributed by atoms with Crippen LogP contribution in [0.15, 0.2) is 79.1 Å². The predicted octanol–water partition coefficient (Wildman–Crippen LogP) is -1.54. The summed E-state index contributed by atoms with van der Waals surface area (Å²) >= 11 is 3.58. The van der Waals surface area contributed by atoms with E-state index in [0.717, 1.165) is 16.7 Å². The number of rotatable bonds is 13. The minimum absolute atomic E-state index is 0.00880. The molecule has 5 heterocycles. The average Bonchev–Trinajstić information content (AvgIpc) is 1.60. The Kier molecular flexibility index (Phi) is 29.0. The highest BCUT2D eigenvalue weighted by molar-refractivity contribution is 7.99. The van der Waals surface area contributed by atoms with E-state index in [-0.39, 0.29) is 66.7 Å². The Labute approximate surface area is 622 Å². The van der Waals surface area contributed by atoms with Crippen LogP contribution in [-0.2, 0) is 97.2 Å². The number of amides is 12. The Bertz CT molecular complexity index is 4110. The molecule has 0 spiro atoms. The summed E-state index contributed by atoms with van der Waals surface area (Å²) in [4.78, 5) is 205. The largest absolute Gasteiger partial charge is 0.481 e. The van der Waals surface area contributed by atoms with E-state index in [4.69, 9.17) is 17.2 Å². The number of carbonyl (C=O) groups is 14. The number of fused-ring (bicyclic) bond motifs is 8. The molecule has 4 bridgehead atoms. The molecule has 21 N–H and O–H groups in total. The summed E-state index contributed by atoms with van der Waals surface area (Å²) in [6.45, 7) is 6.57. The normalized spacial score (nSPS) is 25.8. The van der Waals surface area contributed by atoms with Gasteiger partial charge in [0.1, 0.15) is 54.4 Å². The number of thioether (sulfide) groups is 3. The first-order valence-corrected chi connectivity index (χ1v) is 38.0. The number of primary amides is 1. The molecule has 1 fully saturated rings. The van der Waals surface area contributed by atoms with Crippen molar-refractivity contribution >= 4 is 140 Å². The van der Waals surface area contributed by atoms with E-state index >= 15 is 9.59 Å². The van der Waals surface area contributed by atoms with Gasteiger partial charge in [-0.3, -0.25) is 67.1 Å². The second-order valence-electron chi connectivity index (χ2n) is 27.2. The van der Waals surface area contributed by atoms with Crippen LogP contribution in [0.25, 0.3) is 21.8 Å². The summed E-state index contributed by atoms with van der Waals surface area (Å²) in [5.41, 5.74) is 21.5. The number of carbonyl (C=O) groups excluding carboxylic acids is 12. The highest BCUT2D eigenvalue weighted by Crippen LogP contribution is 2.30. The first-order valence-electron chi connectivity index (χ1n) is 34.5. The van der Waals surface area contributed by atoms with E-state index < -0.39 is 193 Å². The van der Waals surface area contributed by atoms with Gasteiger partial charge in [-0.2, -0.15) is 35.3 Å². The van der Waals surface area contributed by atoms with Crippen LogP contribution in [0.5, 0.6) is 0 Å². The number of H-pyrrole nitrogens is 2. The van der Waals surface area contributed by atoms with Crippen molar-refractivity contribution in [3.8, 4) is 0 Å². The van der Waals surface area contributed by atoms with Gasteiger partial charge < -0.3 is 101 Å². The van der Waals surface area contributed by atoms with Crippen molar-refractivity contribution in [3.05, 3.63) is 107 Å². The Hall–Kier alpha value is -9.75. The van der Waals surface area contributed by atoms with Gasteiger partial charge in [0.2, 0.25) is 65.0 Å². The zero-order valence-corrected chi connectivity index (χ0v) is 61.5. The fourth-order valence-corrected chi connectivity index (χ4v) is 15.4. The van der Waals surface area contributed by atoms with Crippen LogP contribution in [0.2, 0.25) is 0 Å². The Morgan fingerprint density at radius 3 is 1.61 bits per heavy atom. The minimum atomic E-state index is -2.07. The molecule has 0 aliphatic carbocycles. The van der Waals surface area contributed by atoms with Gasteiger partial charge in [-0.05, 0) is 78.0 Å². The quantitative estimate of drug-likeness (QED) is 0.0635. The second-order valence-corrected chi connectivity index (χ2v) is 30.3. The van der Waals surface area contributed by atoms with Gasteiger partial charge in [-0.1, -0.05) is 82.3 Å². The maximum Gasteiger partial charge on any atom is 0.305 e. The SMILES string of the molecule is CC(C)[C@H]1NC(=O)[C@H](Cc2c[nH]c3ccccc23)NC(=O)[C@@H]2CSCc3cc(cc(c3)CSC[C@H](N)C(=O)N[C@H](C(C)O)C(=O)N[C@H](CCC(=O)O)C(=O)N2)CSC[C@@H](C(N)=O)NC(=O)[C@@]2(N)CCCN2C(=O)[C@@H](C(C)C)NC(=O)[C@@H](Cc2c[nH]c3ccccc23)NC(=O)CNC(=O)[C@H](CC(=O)O)NC1=O. The van der Waals surface area contributed by atoms with Crippen molar-refractivity contribution in [3.63, 3.8) is 0 Å². The van der Waals surface area contributed by atoms with Crippen molar-refractivity contribution in [1.29, 1.82) is 0 Å². The number of carboxylic acid groups (broad SMARTS) is 2. The first kappa shape index (κ1) is 81.9. The highest BCUT2D eigenvalue weighted by Gasteiger charge is 2.50. The van der Waals surface area contributed by atoms with Crippen LogP contribution >= 0.6 is 35.3 Å². The van der Waals surface area contributed by atoms with Gasteiger partial charge in [0.05, 0.1) is 25.1 Å². The maximum atomic E-state index is 15.2. The zero-order chi connectivity index (χ0) is 77.3. The Balaban J connectivity index is 1.19. The van der Waals surface area contributed by atoms with Crippen molar-refractivity contribution in [2.24, 2.45) is 29.0 Å². The zero-order valence-electron chi connectivity index (χ0n) is 59.1. The molecule has 3 aliphatic heterocycles. The third kappa shape index (κ3) is 21.9. The number of hydrogen-bond donors (Lipinski definition) is 18. The van der Waals surface area contributed by atoms with Gasteiger partial charge in [0.15, 0.2) is 5.66 Å². The number of para-hydroxylation sites is 2. The molecule has 12 atom stereocenters. The van der Waals surface area contributed by atoms with E-state index in [1.165, 1.54) is 44.3 Å². The lowest BCUT2D eigenvalue weighted by Gasteiger charge is -2.37. The molecular formula is C70H92N16O17S3. The molecule has 12 amide bonds. The smallest absolute Gasteiger partial charge is 0.305 e. The molecule has 0 saturated carbocycles. The molecule has 3 aliphatic rings. The van der Waals surface area contributed by atoms with Gasteiger partial charge in [-0.15, -0.1) is 0 Å². The Morgan fingerprint density at radius 1 is 0.566 bits per heavy atom. The van der Waals surface area contributed by atoms with Gasteiger partial charge in [0, 0.05) is 94.5 Å². The molecule has 1 saturated heterocycles. The highest BCUT2D eigenvalue weighted by atomic mass is 32.2. The number of nitrogens with one attached hydrogen (secondary N) is 12. The van der Waals surface area contributed by atoms with Crippen LogP contribution in [0.4, 0.5) is 0 Å². The number of aromatic nitrogens is 2. The average molecular weight is 1530 g/mol. The summed E-state index contributed by atoms with van der Waals surface area (Å²) in [5, 5.41) is 57.6. The van der Waals surface area contributed by atoms with E-state index in [1.807, 2.05) is 18.2 Å². The van der Waals surface area contributed by atoms with Crippen molar-refractivity contribution in [2.75, 3.05) is 30.3 Å². The summed E-state index contributed by atoms with van der Waals surface area (Å²) in [5.74, 6) is -16.1. The van der Waals surface area contributed by atoms with Crippen LogP contribution < -0.4 is 70.4 Å². The fourth-order valence-electron chi connectivity index (χ4n) is 12.5. The Morgan fingerprint density at radius 2 is 1.07 bits per heavy atom. The van der Waals surface area contributed by atoms with Crippen LogP contribution in [0.1, 0.15) is 94.5 Å². The van der Waals surface area contributed by atoms with Gasteiger partial charge in [0.25, 0.3) is 5.91 Å². The number of aromatic amines is 2. The lowest BCUT2D eigenvalue weighted by Crippen LogP contribution is -2.68. The number of aliphatic hydroxyl groups is 1. The summed E-state index contributed by atoms with van der Waals surface area (Å²) in [6, 6.07) is 3.94. The monoisotopic (exact) mass is 1520 g/mol. The number of aliphatic carboxylic acids is 2. The topological polar surface area (TPSA) is 533 Å². The molecule has 0 radical (unpaired) electrons. The maximum absolute atomic E-state index is 15.2. The molecule has 3 aromatic carbocycles. The summed E-state index contributed by atoms with van der Waals surface area (Å²) in [6.07, 6.45) is -1.03. The van der Waals surface area contributed by atoms with Crippen molar-refractivity contribution in [1.82, 2.24) is 68.0 Å². The molecule has 5 aromatic rings. The molecule has 106 heavy (non-hydrogen) atoms. The third-order valence-electron chi connectivity index (χ3n) is 18.2. The predicted molar refractivity (Wildman–Crippen MR) is 395 cm³/mol. The van der Waals surface area contributed by atoms with E-state index in [1.54, 1.807) is 74.8 Å². The fraction of sp³-hybridized carbons (Fsp3) is 0.486. The van der Waals surface area contributed by atoms with Crippen LogP contribution in [-0.4, -0.2) is 216 Å². The molecule has 36 heteroatoms. The molecular weight excluding hydrogens is 1430 g/mol. The second kappa shape index (κ2) is 37.5. The molecule has 33 nitrogen and oxygen atoms in total. The van der Waals surface area contributed by atoms with Gasteiger partial charge >= 0.3 is 11.9 Å². The van der Waals surface area contributed by atoms with Gasteiger partial charge in [-0.25, -0.2) is 0 Å². The lowest BCUT2D eigenvalue weighted by atomic mass is 9.98. The van der Waals surface area contributed by atoms with Crippen molar-refractivity contribution < 1.29 is 82.4 Å². The summed E-state index contributed by atoms with van der Waals surface area (Å²) < 4.78 is 0. The van der Waals surface area contributed by atoms with Crippen LogP contribution in [0, 0.1) is 11.8 Å². The number of carboxylic acids is 2. The molecule has 2 aromatic heterocycles. The third-order valence-corrected chi connectivity index (χ3v) is 21.6.